The summed E-state index contributed by atoms with van der Waals surface area (Å²) in [5, 5.41) is 8.01. The van der Waals surface area contributed by atoms with E-state index in [9.17, 15) is 23.6 Å². The largest absolute Gasteiger partial charge is 0.378 e. The van der Waals surface area contributed by atoms with Crippen LogP contribution in [-0.4, -0.2) is 76.5 Å². The second-order valence-corrected chi connectivity index (χ2v) is 17.9. The summed E-state index contributed by atoms with van der Waals surface area (Å²) < 4.78 is 21.6. The molecule has 7 atom stereocenters. The number of halogens is 1. The van der Waals surface area contributed by atoms with Crippen molar-refractivity contribution >= 4 is 28.4 Å². The number of amides is 2. The molecule has 4 unspecified atom stereocenters. The molecule has 3 aromatic rings. The number of nitrogens with zero attached hydrogens (tertiary/aromatic N) is 3. The summed E-state index contributed by atoms with van der Waals surface area (Å²) >= 11 is 0. The maximum atomic E-state index is 15.0. The van der Waals surface area contributed by atoms with Crippen molar-refractivity contribution in [3.63, 3.8) is 0 Å². The minimum Gasteiger partial charge on any atom is -0.378 e. The molecule has 0 radical (unpaired) electrons. The number of hydrogen-bond acceptors (Lipinski definition) is 6. The molecule has 1 aromatic heterocycles. The zero-order chi connectivity index (χ0) is 38.3. The summed E-state index contributed by atoms with van der Waals surface area (Å²) in [6.07, 6.45) is 14.0. The fourth-order valence-electron chi connectivity index (χ4n) is 11.9. The maximum Gasteiger partial charge on any atom is 0.272 e. The molecule has 1 N–H and O–H groups in total. The van der Waals surface area contributed by atoms with Gasteiger partial charge in [0.2, 0.25) is 5.91 Å². The lowest BCUT2D eigenvalue weighted by Crippen LogP contribution is -2.54. The monoisotopic (exact) mass is 752 g/mol. The number of aromatic amines is 1. The van der Waals surface area contributed by atoms with Gasteiger partial charge in [0.1, 0.15) is 11.6 Å². The van der Waals surface area contributed by atoms with Gasteiger partial charge in [0.15, 0.2) is 0 Å². The van der Waals surface area contributed by atoms with Crippen molar-refractivity contribution in [1.82, 2.24) is 20.0 Å². The first-order valence-corrected chi connectivity index (χ1v) is 21.0. The molecule has 5 aliphatic rings. The minimum atomic E-state index is -0.583. The molecule has 1 saturated heterocycles. The molecule has 294 valence electrons. The van der Waals surface area contributed by atoms with Gasteiger partial charge in [-0.3, -0.25) is 19.2 Å². The summed E-state index contributed by atoms with van der Waals surface area (Å²) in [5.74, 6) is 2.49. The van der Waals surface area contributed by atoms with Crippen molar-refractivity contribution < 1.29 is 23.5 Å². The third kappa shape index (κ3) is 7.28. The van der Waals surface area contributed by atoms with Crippen molar-refractivity contribution in [3.05, 3.63) is 75.5 Å². The Hall–Kier alpha value is -3.92. The Morgan fingerprint density at radius 2 is 1.64 bits per heavy atom. The molecule has 2 aromatic carbocycles. The van der Waals surface area contributed by atoms with Crippen LogP contribution >= 0.6 is 0 Å². The van der Waals surface area contributed by atoms with Gasteiger partial charge in [-0.05, 0) is 116 Å². The Balaban J connectivity index is 0.761. The quantitative estimate of drug-likeness (QED) is 0.215. The van der Waals surface area contributed by atoms with E-state index in [1.165, 1.54) is 38.2 Å². The highest BCUT2D eigenvalue weighted by Crippen LogP contribution is 2.66. The molecule has 4 saturated carbocycles. The lowest BCUT2D eigenvalue weighted by molar-refractivity contribution is -0.145. The van der Waals surface area contributed by atoms with Crippen LogP contribution in [0.2, 0.25) is 0 Å². The number of piperazine rings is 1. The van der Waals surface area contributed by atoms with Crippen LogP contribution in [0, 0.1) is 40.3 Å². The molecule has 5 fully saturated rings. The minimum absolute atomic E-state index is 0.00249. The van der Waals surface area contributed by atoms with Gasteiger partial charge in [-0.1, -0.05) is 44.5 Å². The van der Waals surface area contributed by atoms with Crippen LogP contribution in [0.1, 0.15) is 119 Å². The normalized spacial score (nSPS) is 30.5. The Kier molecular flexibility index (Phi) is 10.7. The van der Waals surface area contributed by atoms with Crippen LogP contribution in [0.4, 0.5) is 4.39 Å². The average Bonchev–Trinajstić information content (AvgIpc) is 3.54. The standard InChI is InChI=1S/C45H57FN4O5/c1-44-19-17-31(51)28-30(44)12-13-34-36-14-16-40(45(36,2)20-18-37(34)44)55-25-7-3-4-10-41(52)49-21-23-50(24-22-49)43(54)35-26-29(11-15-38(35)46)27-39-32-8-5-6-9-33(32)42(53)48-47-39/h5-6,8-9,11,15,26,30,34,36-37,40H,3-4,7,10,12-14,16-25,27-28H2,1-2H3,(H,48,53)/t30?,34?,36?,37?,40-,44-,45-/m0/s1. The topological polar surface area (TPSA) is 113 Å². The smallest absolute Gasteiger partial charge is 0.272 e. The van der Waals surface area contributed by atoms with Gasteiger partial charge in [-0.2, -0.15) is 5.10 Å². The van der Waals surface area contributed by atoms with Crippen LogP contribution in [0.25, 0.3) is 10.8 Å². The molecule has 1 aliphatic heterocycles. The highest BCUT2D eigenvalue weighted by molar-refractivity contribution is 5.95. The van der Waals surface area contributed by atoms with Gasteiger partial charge in [-0.15, -0.1) is 0 Å². The molecule has 0 bridgehead atoms. The van der Waals surface area contributed by atoms with Crippen molar-refractivity contribution in [1.29, 1.82) is 0 Å². The SMILES string of the molecule is C[C@]12CCC(=O)CC1CCC1C2CC[C@@]2(C)C1CC[C@@H]2OCCCCCC(=O)N1CCN(C(=O)c2cc(Cc3n[nH]c(=O)c4ccccc34)ccc2F)CC1. The summed E-state index contributed by atoms with van der Waals surface area (Å²) in [6.45, 7) is 7.34. The Morgan fingerprint density at radius 3 is 2.45 bits per heavy atom. The number of nitrogens with one attached hydrogen (secondary N) is 1. The van der Waals surface area contributed by atoms with Crippen molar-refractivity contribution in [2.45, 2.75) is 110 Å². The molecule has 0 spiro atoms. The van der Waals surface area contributed by atoms with E-state index in [4.69, 9.17) is 4.74 Å². The van der Waals surface area contributed by atoms with Crippen LogP contribution in [0.5, 0.6) is 0 Å². The Labute approximate surface area is 323 Å². The molecule has 10 heteroatoms. The number of H-pyrrole nitrogens is 1. The summed E-state index contributed by atoms with van der Waals surface area (Å²) in [4.78, 5) is 54.5. The van der Waals surface area contributed by atoms with Crippen molar-refractivity contribution in [3.8, 4) is 0 Å². The van der Waals surface area contributed by atoms with Gasteiger partial charge < -0.3 is 14.5 Å². The highest BCUT2D eigenvalue weighted by atomic mass is 19.1. The summed E-state index contributed by atoms with van der Waals surface area (Å²) in [6, 6.07) is 11.7. The molecular formula is C45H57FN4O5. The van der Waals surface area contributed by atoms with E-state index < -0.39 is 5.82 Å². The van der Waals surface area contributed by atoms with E-state index in [-0.39, 0.29) is 28.4 Å². The van der Waals surface area contributed by atoms with E-state index in [0.29, 0.717) is 78.9 Å². The van der Waals surface area contributed by atoms with Gasteiger partial charge in [-0.25, -0.2) is 9.49 Å². The molecule has 55 heavy (non-hydrogen) atoms. The Morgan fingerprint density at radius 1 is 0.873 bits per heavy atom. The second kappa shape index (κ2) is 15.5. The molecule has 4 aliphatic carbocycles. The average molecular weight is 753 g/mol. The molecule has 2 heterocycles. The van der Waals surface area contributed by atoms with E-state index in [0.717, 1.165) is 74.7 Å². The fourth-order valence-corrected chi connectivity index (χ4v) is 11.9. The first-order chi connectivity index (χ1) is 26.5. The summed E-state index contributed by atoms with van der Waals surface area (Å²) in [5.41, 5.74) is 1.69. The molecule has 2 amide bonds. The summed E-state index contributed by atoms with van der Waals surface area (Å²) in [7, 11) is 0. The van der Waals surface area contributed by atoms with Crippen molar-refractivity contribution in [2.75, 3.05) is 32.8 Å². The first kappa shape index (κ1) is 38.0. The predicted molar refractivity (Wildman–Crippen MR) is 209 cm³/mol. The molecule has 9 nitrogen and oxygen atoms in total. The lowest BCUT2D eigenvalue weighted by atomic mass is 9.45. The number of ether oxygens (including phenoxy) is 1. The number of aromatic nitrogens is 2. The van der Waals surface area contributed by atoms with E-state index in [1.54, 1.807) is 29.2 Å². The zero-order valence-corrected chi connectivity index (χ0v) is 32.6. The van der Waals surface area contributed by atoms with Crippen LogP contribution in [0.3, 0.4) is 0 Å². The van der Waals surface area contributed by atoms with Crippen LogP contribution < -0.4 is 5.56 Å². The number of Topliss-reactive ketones (excluding diaryl/α,β-unsaturated/α-hetero) is 1. The number of carbonyl (C=O) groups is 3. The number of hydrogen-bond donors (Lipinski definition) is 1. The van der Waals surface area contributed by atoms with Gasteiger partial charge in [0.05, 0.1) is 22.7 Å². The molecule has 8 rings (SSSR count). The number of benzene rings is 2. The first-order valence-electron chi connectivity index (χ1n) is 21.0. The zero-order valence-electron chi connectivity index (χ0n) is 32.6. The lowest BCUT2D eigenvalue weighted by Gasteiger charge is -2.60. The third-order valence-electron chi connectivity index (χ3n) is 15.1. The number of rotatable bonds is 10. The molecular weight excluding hydrogens is 696 g/mol. The van der Waals surface area contributed by atoms with Gasteiger partial charge in [0, 0.05) is 63.9 Å². The number of ketones is 1. The number of fused-ring (bicyclic) bond motifs is 6. The third-order valence-corrected chi connectivity index (χ3v) is 15.1. The second-order valence-electron chi connectivity index (χ2n) is 17.9. The predicted octanol–water partition coefficient (Wildman–Crippen LogP) is 7.49. The van der Waals surface area contributed by atoms with E-state index >= 15 is 0 Å². The van der Waals surface area contributed by atoms with Crippen molar-refractivity contribution in [2.24, 2.45) is 34.5 Å². The van der Waals surface area contributed by atoms with Gasteiger partial charge in [0.25, 0.3) is 11.5 Å². The fraction of sp³-hybridized carbons (Fsp3) is 0.622. The van der Waals surface area contributed by atoms with Crippen LogP contribution in [0.15, 0.2) is 47.3 Å². The highest BCUT2D eigenvalue weighted by Gasteiger charge is 2.60. The van der Waals surface area contributed by atoms with E-state index in [1.807, 2.05) is 17.0 Å². The number of carbonyl (C=O) groups excluding carboxylic acids is 3. The Bertz CT molecular complexity index is 1990. The van der Waals surface area contributed by atoms with Crippen LogP contribution in [-0.2, 0) is 20.7 Å². The van der Waals surface area contributed by atoms with E-state index in [2.05, 4.69) is 24.0 Å². The van der Waals surface area contributed by atoms with Gasteiger partial charge >= 0.3 is 0 Å². The number of unbranched alkanes of at least 4 members (excludes halogenated alkanes) is 2. The maximum absolute atomic E-state index is 15.0.